The zero-order chi connectivity index (χ0) is 20.1. The topological polar surface area (TPSA) is 64.6 Å². The van der Waals surface area contributed by atoms with Crippen LogP contribution in [-0.2, 0) is 22.4 Å². The van der Waals surface area contributed by atoms with Gasteiger partial charge in [-0.15, -0.1) is 11.3 Å². The highest BCUT2D eigenvalue weighted by molar-refractivity contribution is 7.17. The van der Waals surface area contributed by atoms with Crippen LogP contribution in [0, 0.1) is 5.92 Å². The van der Waals surface area contributed by atoms with Gasteiger partial charge in [-0.2, -0.15) is 0 Å². The highest BCUT2D eigenvalue weighted by Gasteiger charge is 2.28. The molecule has 0 unspecified atom stereocenters. The smallest absolute Gasteiger partial charge is 0.341 e. The monoisotopic (exact) mass is 421 g/mol. The minimum absolute atomic E-state index is 0.128. The molecule has 7 heteroatoms. The van der Waals surface area contributed by atoms with E-state index in [4.69, 9.17) is 21.1 Å². The largest absolute Gasteiger partial charge is 0.494 e. The van der Waals surface area contributed by atoms with Gasteiger partial charge < -0.3 is 14.8 Å². The lowest BCUT2D eigenvalue weighted by molar-refractivity contribution is -0.116. The number of anilines is 1. The van der Waals surface area contributed by atoms with Gasteiger partial charge >= 0.3 is 5.97 Å². The quantitative estimate of drug-likeness (QED) is 0.498. The fourth-order valence-electron chi connectivity index (χ4n) is 3.30. The average molecular weight is 422 g/mol. The van der Waals surface area contributed by atoms with Crippen molar-refractivity contribution in [3.8, 4) is 5.75 Å². The van der Waals surface area contributed by atoms with E-state index in [-0.39, 0.29) is 11.9 Å². The molecule has 0 fully saturated rings. The summed E-state index contributed by atoms with van der Waals surface area (Å²) in [7, 11) is 1.37. The van der Waals surface area contributed by atoms with Gasteiger partial charge in [0.05, 0.1) is 19.3 Å². The lowest BCUT2D eigenvalue weighted by Gasteiger charge is -2.18. The maximum Gasteiger partial charge on any atom is 0.341 e. The third-order valence-electron chi connectivity index (χ3n) is 4.78. The van der Waals surface area contributed by atoms with Crippen LogP contribution >= 0.6 is 22.9 Å². The number of rotatable bonds is 7. The van der Waals surface area contributed by atoms with Crippen molar-refractivity contribution in [1.29, 1.82) is 0 Å². The van der Waals surface area contributed by atoms with Gasteiger partial charge in [-0.25, -0.2) is 4.79 Å². The molecule has 0 spiro atoms. The molecule has 0 saturated carbocycles. The number of halogens is 1. The van der Waals surface area contributed by atoms with E-state index in [1.165, 1.54) is 23.3 Å². The van der Waals surface area contributed by atoms with Crippen LogP contribution in [0.15, 0.2) is 24.3 Å². The Hall–Kier alpha value is -2.05. The van der Waals surface area contributed by atoms with Crippen LogP contribution < -0.4 is 10.1 Å². The normalized spacial score (nSPS) is 15.6. The average Bonchev–Trinajstić information content (AvgIpc) is 3.02. The highest BCUT2D eigenvalue weighted by Crippen LogP contribution is 2.40. The lowest BCUT2D eigenvalue weighted by atomic mass is 9.88. The van der Waals surface area contributed by atoms with Crippen LogP contribution in [0.4, 0.5) is 5.00 Å². The van der Waals surface area contributed by atoms with Crippen molar-refractivity contribution < 1.29 is 19.1 Å². The first-order valence-electron chi connectivity index (χ1n) is 9.39. The molecule has 1 atom stereocenters. The Morgan fingerprint density at radius 1 is 1.29 bits per heavy atom. The first-order chi connectivity index (χ1) is 13.5. The Balaban J connectivity index is 1.57. The number of fused-ring (bicyclic) bond motifs is 1. The lowest BCUT2D eigenvalue weighted by Crippen LogP contribution is -2.16. The number of nitrogens with one attached hydrogen (secondary N) is 1. The summed E-state index contributed by atoms with van der Waals surface area (Å²) in [6.45, 7) is 2.64. The maximum absolute atomic E-state index is 12.4. The number of carbonyl (C=O) groups excluding carboxylic acids is 2. The number of methoxy groups -OCH3 is 1. The fourth-order valence-corrected chi connectivity index (χ4v) is 4.84. The third kappa shape index (κ3) is 5.06. The van der Waals surface area contributed by atoms with Gasteiger partial charge in [0.2, 0.25) is 5.91 Å². The van der Waals surface area contributed by atoms with E-state index in [1.807, 2.05) is 0 Å². The Labute approximate surface area is 174 Å². The minimum atomic E-state index is -0.381. The number of thiophene rings is 1. The molecular formula is C21H24ClNO4S. The van der Waals surface area contributed by atoms with E-state index in [0.717, 1.165) is 30.6 Å². The van der Waals surface area contributed by atoms with Crippen LogP contribution in [0.1, 0.15) is 47.0 Å². The van der Waals surface area contributed by atoms with Crippen molar-refractivity contribution in [2.45, 2.75) is 39.0 Å². The summed E-state index contributed by atoms with van der Waals surface area (Å²) in [5.74, 6) is 0.799. The molecule has 0 bridgehead atoms. The van der Waals surface area contributed by atoms with Crippen molar-refractivity contribution in [3.63, 3.8) is 0 Å². The molecule has 3 rings (SSSR count). The maximum atomic E-state index is 12.4. The van der Waals surface area contributed by atoms with Gasteiger partial charge in [-0.1, -0.05) is 18.5 Å². The van der Waals surface area contributed by atoms with Gasteiger partial charge in [0.15, 0.2) is 0 Å². The van der Waals surface area contributed by atoms with Crippen LogP contribution in [0.5, 0.6) is 5.75 Å². The number of benzene rings is 1. The first kappa shape index (κ1) is 20.7. The van der Waals surface area contributed by atoms with E-state index >= 15 is 0 Å². The molecule has 1 aromatic heterocycles. The minimum Gasteiger partial charge on any atom is -0.494 e. The molecule has 1 heterocycles. The van der Waals surface area contributed by atoms with Crippen molar-refractivity contribution >= 4 is 39.8 Å². The van der Waals surface area contributed by atoms with E-state index in [9.17, 15) is 9.59 Å². The summed E-state index contributed by atoms with van der Waals surface area (Å²) in [5, 5.41) is 4.17. The molecule has 1 aliphatic rings. The fraction of sp³-hybridized carbons (Fsp3) is 0.429. The van der Waals surface area contributed by atoms with Crippen LogP contribution in [0.3, 0.4) is 0 Å². The van der Waals surface area contributed by atoms with Crippen molar-refractivity contribution in [2.24, 2.45) is 5.92 Å². The molecule has 1 aromatic carbocycles. The van der Waals surface area contributed by atoms with Crippen molar-refractivity contribution in [2.75, 3.05) is 19.0 Å². The second-order valence-corrected chi connectivity index (χ2v) is 8.54. The summed E-state index contributed by atoms with van der Waals surface area (Å²) in [6, 6.07) is 7.11. The molecule has 5 nitrogen and oxygen atoms in total. The second-order valence-electron chi connectivity index (χ2n) is 7.00. The highest BCUT2D eigenvalue weighted by atomic mass is 35.5. The number of carbonyl (C=O) groups is 2. The van der Waals surface area contributed by atoms with E-state index in [1.54, 1.807) is 24.3 Å². The predicted molar refractivity (Wildman–Crippen MR) is 112 cm³/mol. The Kier molecular flexibility index (Phi) is 6.97. The van der Waals surface area contributed by atoms with Crippen LogP contribution in [0.2, 0.25) is 5.02 Å². The molecule has 1 amide bonds. The summed E-state index contributed by atoms with van der Waals surface area (Å²) in [5.41, 5.74) is 1.57. The molecule has 0 saturated heterocycles. The van der Waals surface area contributed by atoms with Crippen molar-refractivity contribution in [1.82, 2.24) is 0 Å². The summed E-state index contributed by atoms with van der Waals surface area (Å²) >= 11 is 7.34. The van der Waals surface area contributed by atoms with E-state index in [0.29, 0.717) is 41.0 Å². The number of hydrogen-bond acceptors (Lipinski definition) is 5. The number of amides is 1. The van der Waals surface area contributed by atoms with Gasteiger partial charge in [0, 0.05) is 16.3 Å². The van der Waals surface area contributed by atoms with Crippen LogP contribution in [-0.4, -0.2) is 25.6 Å². The zero-order valence-electron chi connectivity index (χ0n) is 16.0. The van der Waals surface area contributed by atoms with Gasteiger partial charge in [0.1, 0.15) is 10.8 Å². The van der Waals surface area contributed by atoms with Gasteiger partial charge in [-0.3, -0.25) is 4.79 Å². The Morgan fingerprint density at radius 3 is 2.75 bits per heavy atom. The second kappa shape index (κ2) is 9.43. The summed E-state index contributed by atoms with van der Waals surface area (Å²) in [4.78, 5) is 25.8. The van der Waals surface area contributed by atoms with E-state index in [2.05, 4.69) is 12.2 Å². The molecule has 0 radical (unpaired) electrons. The molecular weight excluding hydrogens is 398 g/mol. The van der Waals surface area contributed by atoms with Crippen molar-refractivity contribution in [3.05, 3.63) is 45.3 Å². The third-order valence-corrected chi connectivity index (χ3v) is 6.21. The molecule has 0 aliphatic heterocycles. The first-order valence-corrected chi connectivity index (χ1v) is 10.6. The number of esters is 1. The summed E-state index contributed by atoms with van der Waals surface area (Å²) in [6.07, 6.45) is 3.72. The predicted octanol–water partition coefficient (Wildman–Crippen LogP) is 5.11. The number of ether oxygens (including phenoxy) is 2. The van der Waals surface area contributed by atoms with Crippen LogP contribution in [0.25, 0.3) is 0 Å². The molecule has 150 valence electrons. The molecule has 1 N–H and O–H groups in total. The van der Waals surface area contributed by atoms with E-state index < -0.39 is 0 Å². The Bertz CT molecular complexity index is 847. The molecule has 2 aromatic rings. The number of hydrogen-bond donors (Lipinski definition) is 1. The molecule has 1 aliphatic carbocycles. The molecule has 28 heavy (non-hydrogen) atoms. The Morgan fingerprint density at radius 2 is 2.04 bits per heavy atom. The van der Waals surface area contributed by atoms with Gasteiger partial charge in [-0.05, 0) is 61.4 Å². The summed E-state index contributed by atoms with van der Waals surface area (Å²) < 4.78 is 10.6. The standard InChI is InChI=1S/C21H24ClNO4S/c1-13-5-10-16-17(12-13)28-20(19(16)21(25)26-2)23-18(24)4-3-11-27-15-8-6-14(22)7-9-15/h6-9,13H,3-5,10-12H2,1-2H3,(H,23,24)/t13-/m1/s1. The SMILES string of the molecule is COC(=O)c1c(NC(=O)CCCOc2ccc(Cl)cc2)sc2c1CC[C@@H](C)C2. The zero-order valence-corrected chi connectivity index (χ0v) is 17.6. The van der Waals surface area contributed by atoms with Gasteiger partial charge in [0.25, 0.3) is 0 Å².